The molecule has 1 aliphatic heterocycles. The first-order valence-electron chi connectivity index (χ1n) is 9.49. The number of rotatable bonds is 6. The van der Waals surface area contributed by atoms with Crippen LogP contribution >= 0.6 is 11.3 Å². The van der Waals surface area contributed by atoms with Crippen LogP contribution < -0.4 is 14.2 Å². The highest BCUT2D eigenvalue weighted by Crippen LogP contribution is 2.33. The predicted molar refractivity (Wildman–Crippen MR) is 117 cm³/mol. The quantitative estimate of drug-likeness (QED) is 0.608. The molecule has 2 aromatic carbocycles. The lowest BCUT2D eigenvalue weighted by Gasteiger charge is -2.26. The Morgan fingerprint density at radius 1 is 1.13 bits per heavy atom. The molecule has 1 aromatic heterocycles. The number of anilines is 1. The second-order valence-electron chi connectivity index (χ2n) is 6.85. The van der Waals surface area contributed by atoms with Crippen LogP contribution in [0.2, 0.25) is 0 Å². The number of carbonyl (C=O) groups is 1. The summed E-state index contributed by atoms with van der Waals surface area (Å²) in [4.78, 5) is 19.8. The highest BCUT2D eigenvalue weighted by atomic mass is 32.2. The molecule has 10 heteroatoms. The molecule has 2 heterocycles. The van der Waals surface area contributed by atoms with Crippen molar-refractivity contribution in [1.82, 2.24) is 9.88 Å². The van der Waals surface area contributed by atoms with Gasteiger partial charge in [0.1, 0.15) is 16.4 Å². The fraction of sp³-hybridized carbons (Fsp3) is 0.238. The summed E-state index contributed by atoms with van der Waals surface area (Å²) in [7, 11) is -1.08. The number of fused-ring (bicyclic) bond motifs is 1. The van der Waals surface area contributed by atoms with E-state index in [2.05, 4.69) is 9.71 Å². The third-order valence-electron chi connectivity index (χ3n) is 4.92. The first-order chi connectivity index (χ1) is 14.9. The second kappa shape index (κ2) is 8.56. The molecule has 31 heavy (non-hydrogen) atoms. The summed E-state index contributed by atoms with van der Waals surface area (Å²) >= 11 is 1.23. The Labute approximate surface area is 184 Å². The van der Waals surface area contributed by atoms with E-state index in [1.807, 2.05) is 18.2 Å². The van der Waals surface area contributed by atoms with Crippen molar-refractivity contribution in [3.05, 3.63) is 64.7 Å². The topological polar surface area (TPSA) is 97.8 Å². The lowest BCUT2D eigenvalue weighted by molar-refractivity contribution is 0.0736. The Bertz CT molecular complexity index is 1210. The Hall–Kier alpha value is -3.11. The zero-order valence-corrected chi connectivity index (χ0v) is 18.6. The van der Waals surface area contributed by atoms with Gasteiger partial charge in [-0.25, -0.2) is 13.4 Å². The van der Waals surface area contributed by atoms with Gasteiger partial charge in [-0.2, -0.15) is 0 Å². The summed E-state index contributed by atoms with van der Waals surface area (Å²) in [5.74, 6) is 0.548. The zero-order chi connectivity index (χ0) is 22.0. The summed E-state index contributed by atoms with van der Waals surface area (Å²) in [6.45, 7) is 0.922. The van der Waals surface area contributed by atoms with Gasteiger partial charge in [0.2, 0.25) is 0 Å². The maximum Gasteiger partial charge on any atom is 0.267 e. The number of carbonyl (C=O) groups excluding carboxylic acids is 1. The molecular formula is C21H21N3O5S2. The van der Waals surface area contributed by atoms with Crippen LogP contribution in [0.1, 0.15) is 20.9 Å². The Kier molecular flexibility index (Phi) is 5.84. The van der Waals surface area contributed by atoms with Crippen molar-refractivity contribution in [3.63, 3.8) is 0 Å². The largest absolute Gasteiger partial charge is 0.497 e. The van der Waals surface area contributed by atoms with Crippen LogP contribution in [0.25, 0.3) is 0 Å². The van der Waals surface area contributed by atoms with Crippen molar-refractivity contribution in [2.45, 2.75) is 17.9 Å². The van der Waals surface area contributed by atoms with E-state index >= 15 is 0 Å². The van der Waals surface area contributed by atoms with Crippen LogP contribution in [-0.2, 0) is 23.0 Å². The highest BCUT2D eigenvalue weighted by molar-refractivity contribution is 7.93. The molecular weight excluding hydrogens is 438 g/mol. The minimum atomic E-state index is -3.95. The SMILES string of the molecule is COc1ccc(OC)c(S(=O)(=O)Nc2nc3c(s2)CN(C(=O)c2ccccc2)CC3)c1. The van der Waals surface area contributed by atoms with Gasteiger partial charge in [-0.1, -0.05) is 29.5 Å². The van der Waals surface area contributed by atoms with Gasteiger partial charge in [0, 0.05) is 29.5 Å². The predicted octanol–water partition coefficient (Wildman–Crippen LogP) is 3.16. The zero-order valence-electron chi connectivity index (χ0n) is 17.0. The molecule has 3 aromatic rings. The van der Waals surface area contributed by atoms with Crippen molar-refractivity contribution in [1.29, 1.82) is 0 Å². The molecule has 0 unspecified atom stereocenters. The van der Waals surface area contributed by atoms with Crippen molar-refractivity contribution < 1.29 is 22.7 Å². The highest BCUT2D eigenvalue weighted by Gasteiger charge is 2.27. The van der Waals surface area contributed by atoms with E-state index in [9.17, 15) is 13.2 Å². The Balaban J connectivity index is 1.55. The molecule has 0 bridgehead atoms. The lowest BCUT2D eigenvalue weighted by atomic mass is 10.1. The lowest BCUT2D eigenvalue weighted by Crippen LogP contribution is -2.35. The molecule has 0 fully saturated rings. The summed E-state index contributed by atoms with van der Waals surface area (Å²) in [6, 6.07) is 13.6. The molecule has 0 radical (unpaired) electrons. The van der Waals surface area contributed by atoms with Gasteiger partial charge < -0.3 is 14.4 Å². The van der Waals surface area contributed by atoms with Gasteiger partial charge in [0.05, 0.1) is 26.5 Å². The number of thiazole rings is 1. The number of hydrogen-bond acceptors (Lipinski definition) is 7. The fourth-order valence-electron chi connectivity index (χ4n) is 3.34. The van der Waals surface area contributed by atoms with Crippen molar-refractivity contribution >= 4 is 32.4 Å². The first kappa shape index (κ1) is 21.1. The molecule has 0 atom stereocenters. The molecule has 1 aliphatic rings. The molecule has 0 saturated heterocycles. The van der Waals surface area contributed by atoms with E-state index in [-0.39, 0.29) is 21.7 Å². The molecule has 0 spiro atoms. The number of methoxy groups -OCH3 is 2. The van der Waals surface area contributed by atoms with Crippen LogP contribution in [0.15, 0.2) is 53.4 Å². The van der Waals surface area contributed by atoms with E-state index in [1.165, 1.54) is 37.7 Å². The average Bonchev–Trinajstić information content (AvgIpc) is 3.19. The number of aromatic nitrogens is 1. The minimum Gasteiger partial charge on any atom is -0.497 e. The van der Waals surface area contributed by atoms with E-state index in [0.29, 0.717) is 30.8 Å². The summed E-state index contributed by atoms with van der Waals surface area (Å²) in [5, 5.41) is 0.254. The number of ether oxygens (including phenoxy) is 2. The van der Waals surface area contributed by atoms with Crippen LogP contribution in [-0.4, -0.2) is 45.0 Å². The van der Waals surface area contributed by atoms with Crippen molar-refractivity contribution in [2.75, 3.05) is 25.5 Å². The summed E-state index contributed by atoms with van der Waals surface area (Å²) < 4.78 is 38.8. The summed E-state index contributed by atoms with van der Waals surface area (Å²) in [5.41, 5.74) is 1.43. The maximum absolute atomic E-state index is 13.0. The van der Waals surface area contributed by atoms with E-state index in [1.54, 1.807) is 23.1 Å². The molecule has 4 rings (SSSR count). The van der Waals surface area contributed by atoms with Crippen molar-refractivity contribution in [2.24, 2.45) is 0 Å². The third kappa shape index (κ3) is 4.35. The average molecular weight is 460 g/mol. The number of amides is 1. The minimum absolute atomic E-state index is 0.0385. The van der Waals surface area contributed by atoms with Crippen LogP contribution in [0.3, 0.4) is 0 Å². The Morgan fingerprint density at radius 2 is 1.90 bits per heavy atom. The summed E-state index contributed by atoms with van der Waals surface area (Å²) in [6.07, 6.45) is 0.564. The Morgan fingerprint density at radius 3 is 2.61 bits per heavy atom. The van der Waals surface area contributed by atoms with Gasteiger partial charge in [0.25, 0.3) is 15.9 Å². The molecule has 1 N–H and O–H groups in total. The van der Waals surface area contributed by atoms with Gasteiger partial charge in [-0.05, 0) is 24.3 Å². The van der Waals surface area contributed by atoms with E-state index in [0.717, 1.165) is 10.6 Å². The van der Waals surface area contributed by atoms with Gasteiger partial charge in [-0.15, -0.1) is 0 Å². The monoisotopic (exact) mass is 459 g/mol. The second-order valence-corrected chi connectivity index (χ2v) is 9.59. The molecule has 0 aliphatic carbocycles. The van der Waals surface area contributed by atoms with Gasteiger partial charge in [0.15, 0.2) is 5.13 Å². The van der Waals surface area contributed by atoms with Crippen LogP contribution in [0, 0.1) is 0 Å². The third-order valence-corrected chi connectivity index (χ3v) is 7.41. The fourth-order valence-corrected chi connectivity index (χ4v) is 5.78. The number of nitrogens with one attached hydrogen (secondary N) is 1. The number of nitrogens with zero attached hydrogens (tertiary/aromatic N) is 2. The number of benzene rings is 2. The van der Waals surface area contributed by atoms with E-state index in [4.69, 9.17) is 9.47 Å². The van der Waals surface area contributed by atoms with Crippen LogP contribution in [0.4, 0.5) is 5.13 Å². The number of sulfonamides is 1. The first-order valence-corrected chi connectivity index (χ1v) is 11.8. The molecule has 162 valence electrons. The smallest absolute Gasteiger partial charge is 0.267 e. The van der Waals surface area contributed by atoms with Gasteiger partial charge >= 0.3 is 0 Å². The molecule has 0 saturated carbocycles. The van der Waals surface area contributed by atoms with E-state index < -0.39 is 10.0 Å². The molecule has 8 nitrogen and oxygen atoms in total. The number of hydrogen-bond donors (Lipinski definition) is 1. The van der Waals surface area contributed by atoms with Crippen molar-refractivity contribution in [3.8, 4) is 11.5 Å². The maximum atomic E-state index is 13.0. The van der Waals surface area contributed by atoms with Gasteiger partial charge in [-0.3, -0.25) is 9.52 Å². The van der Waals surface area contributed by atoms with Crippen LogP contribution in [0.5, 0.6) is 11.5 Å². The molecule has 1 amide bonds. The standard InChI is InChI=1S/C21H21N3O5S2/c1-28-15-8-9-17(29-2)19(12-15)31(26,27)23-21-22-16-10-11-24(13-18(16)30-21)20(25)14-6-4-3-5-7-14/h3-9,12H,10-11,13H2,1-2H3,(H,22,23). The normalized spacial score (nSPS) is 13.4.